The predicted molar refractivity (Wildman–Crippen MR) is 68.2 cm³/mol. The molecule has 3 rings (SSSR count). The number of hydrogen-bond acceptors (Lipinski definition) is 6. The molecule has 1 N–H and O–H groups in total. The van der Waals surface area contributed by atoms with Crippen molar-refractivity contribution in [3.05, 3.63) is 11.9 Å². The first-order chi connectivity index (χ1) is 8.29. The zero-order chi connectivity index (χ0) is 11.7. The molecule has 2 fully saturated rings. The van der Waals surface area contributed by atoms with E-state index in [1.807, 2.05) is 11.8 Å². The zero-order valence-corrected chi connectivity index (χ0v) is 11.2. The predicted octanol–water partition coefficient (Wildman–Crippen LogP) is 1.87. The van der Waals surface area contributed by atoms with Gasteiger partial charge in [0.15, 0.2) is 0 Å². The van der Waals surface area contributed by atoms with Crippen LogP contribution in [0.15, 0.2) is 6.20 Å². The summed E-state index contributed by atoms with van der Waals surface area (Å²) >= 11 is 3.12. The fourth-order valence-electron chi connectivity index (χ4n) is 2.74. The van der Waals surface area contributed by atoms with Gasteiger partial charge in [-0.2, -0.15) is 20.5 Å². The summed E-state index contributed by atoms with van der Waals surface area (Å²) in [6, 6.07) is 0. The number of nitrogens with zero attached hydrogens (tertiary/aromatic N) is 2. The average molecular weight is 272 g/mol. The van der Waals surface area contributed by atoms with E-state index in [9.17, 15) is 5.11 Å². The van der Waals surface area contributed by atoms with Gasteiger partial charge in [-0.25, -0.2) is 0 Å². The lowest BCUT2D eigenvalue weighted by molar-refractivity contribution is -0.102. The van der Waals surface area contributed by atoms with Crippen LogP contribution < -0.4 is 0 Å². The van der Waals surface area contributed by atoms with Crippen LogP contribution in [-0.4, -0.2) is 37.6 Å². The molecule has 2 saturated heterocycles. The Morgan fingerprint density at radius 1 is 1.59 bits per heavy atom. The van der Waals surface area contributed by atoms with Gasteiger partial charge in [0.1, 0.15) is 11.8 Å². The van der Waals surface area contributed by atoms with Gasteiger partial charge in [-0.15, -0.1) is 0 Å². The van der Waals surface area contributed by atoms with E-state index in [1.165, 1.54) is 5.75 Å². The minimum Gasteiger partial charge on any atom is -0.386 e. The lowest BCUT2D eigenvalue weighted by Crippen LogP contribution is -2.41. The van der Waals surface area contributed by atoms with Crippen LogP contribution in [0.1, 0.15) is 31.1 Å². The second kappa shape index (κ2) is 4.84. The van der Waals surface area contributed by atoms with Crippen LogP contribution in [0.2, 0.25) is 0 Å². The first kappa shape index (κ1) is 11.9. The minimum atomic E-state index is -0.472. The van der Waals surface area contributed by atoms with Gasteiger partial charge < -0.3 is 9.84 Å². The Labute approximate surface area is 109 Å². The number of ether oxygens (including phenoxy) is 1. The average Bonchev–Trinajstić information content (AvgIpc) is 3.00. The monoisotopic (exact) mass is 272 g/mol. The van der Waals surface area contributed by atoms with Crippen molar-refractivity contribution >= 4 is 23.5 Å². The molecule has 6 heteroatoms. The van der Waals surface area contributed by atoms with Gasteiger partial charge in [0.05, 0.1) is 23.5 Å². The molecule has 4 nitrogen and oxygen atoms in total. The molecular weight excluding hydrogens is 256 g/mol. The largest absolute Gasteiger partial charge is 0.386 e. The van der Waals surface area contributed by atoms with E-state index in [-0.39, 0.29) is 11.5 Å². The number of aliphatic hydroxyl groups excluding tert-OH is 1. The van der Waals surface area contributed by atoms with Gasteiger partial charge in [-0.05, 0) is 30.9 Å². The Morgan fingerprint density at radius 3 is 3.24 bits per heavy atom. The third-order valence-electron chi connectivity index (χ3n) is 3.73. The molecule has 94 valence electrons. The standard InChI is InChI=1S/C11H16N2O2S2/c14-10(9-6-12-17-13-9)8-1-3-15-11(5-8)2-4-16-7-11/h6,8,10,14H,1-5,7H2. The number of thioether (sulfide) groups is 1. The molecule has 17 heavy (non-hydrogen) atoms. The van der Waals surface area contributed by atoms with Crippen LogP contribution in [0.4, 0.5) is 0 Å². The van der Waals surface area contributed by atoms with E-state index in [0.717, 1.165) is 49.0 Å². The van der Waals surface area contributed by atoms with Gasteiger partial charge in [0.25, 0.3) is 0 Å². The molecule has 1 aromatic rings. The lowest BCUT2D eigenvalue weighted by atomic mass is 9.81. The van der Waals surface area contributed by atoms with Gasteiger partial charge in [-0.1, -0.05) is 0 Å². The van der Waals surface area contributed by atoms with Crippen LogP contribution in [0.3, 0.4) is 0 Å². The number of aliphatic hydroxyl groups is 1. The second-order valence-corrected chi connectivity index (χ2v) is 6.53. The van der Waals surface area contributed by atoms with Crippen molar-refractivity contribution in [2.24, 2.45) is 5.92 Å². The van der Waals surface area contributed by atoms with E-state index < -0.39 is 6.10 Å². The van der Waals surface area contributed by atoms with Crippen molar-refractivity contribution < 1.29 is 9.84 Å². The quantitative estimate of drug-likeness (QED) is 0.891. The number of rotatable bonds is 2. The van der Waals surface area contributed by atoms with Crippen LogP contribution in [0.5, 0.6) is 0 Å². The highest BCUT2D eigenvalue weighted by molar-refractivity contribution is 7.99. The summed E-state index contributed by atoms with van der Waals surface area (Å²) in [4.78, 5) is 0. The summed E-state index contributed by atoms with van der Waals surface area (Å²) < 4.78 is 14.1. The van der Waals surface area contributed by atoms with Crippen molar-refractivity contribution in [1.82, 2.24) is 8.75 Å². The van der Waals surface area contributed by atoms with Crippen LogP contribution in [0, 0.1) is 5.92 Å². The third kappa shape index (κ3) is 2.36. The van der Waals surface area contributed by atoms with Gasteiger partial charge in [0.2, 0.25) is 0 Å². The smallest absolute Gasteiger partial charge is 0.103 e. The summed E-state index contributed by atoms with van der Waals surface area (Å²) in [5.74, 6) is 2.53. The van der Waals surface area contributed by atoms with Crippen LogP contribution in [0.25, 0.3) is 0 Å². The van der Waals surface area contributed by atoms with Crippen LogP contribution in [-0.2, 0) is 4.74 Å². The van der Waals surface area contributed by atoms with Crippen molar-refractivity contribution in [2.75, 3.05) is 18.1 Å². The second-order valence-electron chi connectivity index (χ2n) is 4.86. The normalized spacial score (nSPS) is 35.2. The maximum absolute atomic E-state index is 10.3. The molecule has 0 aliphatic carbocycles. The number of hydrogen-bond donors (Lipinski definition) is 1. The lowest BCUT2D eigenvalue weighted by Gasteiger charge is -2.39. The molecule has 1 spiro atoms. The van der Waals surface area contributed by atoms with Crippen LogP contribution >= 0.6 is 23.5 Å². The highest BCUT2D eigenvalue weighted by atomic mass is 32.2. The Kier molecular flexibility index (Phi) is 3.38. The Balaban J connectivity index is 1.71. The molecule has 0 radical (unpaired) electrons. The molecule has 3 heterocycles. The van der Waals surface area contributed by atoms with E-state index in [4.69, 9.17) is 4.74 Å². The highest BCUT2D eigenvalue weighted by Crippen LogP contribution is 2.43. The fraction of sp³-hybridized carbons (Fsp3) is 0.818. The highest BCUT2D eigenvalue weighted by Gasteiger charge is 2.42. The first-order valence-electron chi connectivity index (χ1n) is 5.96. The molecule has 2 aliphatic rings. The molecule has 0 bridgehead atoms. The SMILES string of the molecule is OC(c1cnsn1)C1CCOC2(CCSC2)C1. The first-order valence-corrected chi connectivity index (χ1v) is 7.85. The van der Waals surface area contributed by atoms with Crippen molar-refractivity contribution in [1.29, 1.82) is 0 Å². The summed E-state index contributed by atoms with van der Waals surface area (Å²) in [6.07, 6.45) is 4.21. The molecule has 3 unspecified atom stereocenters. The van der Waals surface area contributed by atoms with E-state index in [2.05, 4.69) is 8.75 Å². The summed E-state index contributed by atoms with van der Waals surface area (Å²) in [5.41, 5.74) is 0.751. The van der Waals surface area contributed by atoms with Crippen molar-refractivity contribution in [2.45, 2.75) is 31.0 Å². The van der Waals surface area contributed by atoms with E-state index in [0.29, 0.717) is 0 Å². The maximum Gasteiger partial charge on any atom is 0.103 e. The summed E-state index contributed by atoms with van der Waals surface area (Å²) in [5, 5.41) is 10.3. The fourth-order valence-corrected chi connectivity index (χ4v) is 4.57. The van der Waals surface area contributed by atoms with Crippen molar-refractivity contribution in [3.63, 3.8) is 0 Å². The van der Waals surface area contributed by atoms with Crippen molar-refractivity contribution in [3.8, 4) is 0 Å². The molecular formula is C11H16N2O2S2. The Bertz CT molecular complexity index is 366. The van der Waals surface area contributed by atoms with E-state index >= 15 is 0 Å². The molecule has 0 saturated carbocycles. The molecule has 3 atom stereocenters. The molecule has 0 aromatic carbocycles. The summed E-state index contributed by atoms with van der Waals surface area (Å²) in [6.45, 7) is 0.764. The maximum atomic E-state index is 10.3. The van der Waals surface area contributed by atoms with Gasteiger partial charge >= 0.3 is 0 Å². The number of aromatic nitrogens is 2. The van der Waals surface area contributed by atoms with Gasteiger partial charge in [-0.3, -0.25) is 0 Å². The molecule has 2 aliphatic heterocycles. The van der Waals surface area contributed by atoms with Gasteiger partial charge in [0, 0.05) is 12.4 Å². The topological polar surface area (TPSA) is 55.2 Å². The molecule has 1 aromatic heterocycles. The van der Waals surface area contributed by atoms with E-state index in [1.54, 1.807) is 6.20 Å². The zero-order valence-electron chi connectivity index (χ0n) is 9.54. The summed E-state index contributed by atoms with van der Waals surface area (Å²) in [7, 11) is 0. The third-order valence-corrected chi connectivity index (χ3v) is 5.44. The Hall–Kier alpha value is -0.170. The minimum absolute atomic E-state index is 0.0258. The molecule has 0 amide bonds. The Morgan fingerprint density at radius 2 is 2.53 bits per heavy atom.